The van der Waals surface area contributed by atoms with Crippen LogP contribution in [0.1, 0.15) is 42.4 Å². The molecule has 86 valence electrons. The number of carboxylic acid groups (broad SMARTS) is 1. The molecule has 1 aromatic rings. The van der Waals surface area contributed by atoms with E-state index < -0.39 is 11.4 Å². The summed E-state index contributed by atoms with van der Waals surface area (Å²) in [6.45, 7) is 4.06. The summed E-state index contributed by atoms with van der Waals surface area (Å²) in [4.78, 5) is 11.6. The minimum atomic E-state index is -0.656. The van der Waals surface area contributed by atoms with E-state index in [1.165, 1.54) is 5.56 Å². The molecule has 0 unspecified atom stereocenters. The van der Waals surface area contributed by atoms with Crippen LogP contribution >= 0.6 is 0 Å². The molecule has 1 aliphatic rings. The van der Waals surface area contributed by atoms with Gasteiger partial charge in [0.2, 0.25) is 0 Å². The van der Waals surface area contributed by atoms with E-state index in [-0.39, 0.29) is 0 Å². The van der Waals surface area contributed by atoms with E-state index in [2.05, 4.69) is 6.07 Å². The predicted molar refractivity (Wildman–Crippen MR) is 63.7 cm³/mol. The number of hydrogen-bond donors (Lipinski definition) is 1. The Bertz CT molecular complexity index is 415. The lowest BCUT2D eigenvalue weighted by Crippen LogP contribution is -2.33. The van der Waals surface area contributed by atoms with Gasteiger partial charge < -0.3 is 5.11 Å². The molecule has 1 aliphatic carbocycles. The fourth-order valence-corrected chi connectivity index (χ4v) is 2.93. The lowest BCUT2D eigenvalue weighted by Gasteiger charge is -2.26. The Kier molecular flexibility index (Phi) is 2.75. The number of carboxylic acids is 1. The second-order valence-corrected chi connectivity index (χ2v) is 4.91. The number of aryl methyl sites for hydroxylation is 2. The van der Waals surface area contributed by atoms with E-state index in [4.69, 9.17) is 0 Å². The fraction of sp³-hybridized carbons (Fsp3) is 0.500. The fourth-order valence-electron chi connectivity index (χ4n) is 2.93. The zero-order valence-electron chi connectivity index (χ0n) is 9.92. The van der Waals surface area contributed by atoms with Crippen LogP contribution in [0, 0.1) is 13.8 Å². The third-order valence-electron chi connectivity index (χ3n) is 3.76. The van der Waals surface area contributed by atoms with Gasteiger partial charge in [0.25, 0.3) is 0 Å². The van der Waals surface area contributed by atoms with Gasteiger partial charge in [0.1, 0.15) is 0 Å². The monoisotopic (exact) mass is 218 g/mol. The first-order valence-electron chi connectivity index (χ1n) is 5.87. The van der Waals surface area contributed by atoms with E-state index in [0.717, 1.165) is 36.8 Å². The second-order valence-electron chi connectivity index (χ2n) is 4.91. The minimum Gasteiger partial charge on any atom is -0.481 e. The highest BCUT2D eigenvalue weighted by atomic mass is 16.4. The summed E-state index contributed by atoms with van der Waals surface area (Å²) >= 11 is 0. The Hall–Kier alpha value is -1.31. The van der Waals surface area contributed by atoms with Crippen LogP contribution in [0.4, 0.5) is 0 Å². The number of aliphatic carboxylic acids is 1. The Morgan fingerprint density at radius 2 is 1.88 bits per heavy atom. The van der Waals surface area contributed by atoms with Crippen LogP contribution in [-0.4, -0.2) is 11.1 Å². The molecule has 2 nitrogen and oxygen atoms in total. The standard InChI is InChI=1S/C14H18O2/c1-10-5-6-12(11(2)9-10)14(13(15)16)7-3-4-8-14/h5-6,9H,3-4,7-8H2,1-2H3,(H,15,16). The maximum atomic E-state index is 11.6. The van der Waals surface area contributed by atoms with E-state index >= 15 is 0 Å². The molecule has 0 bridgehead atoms. The number of carbonyl (C=O) groups is 1. The lowest BCUT2D eigenvalue weighted by molar-refractivity contribution is -0.143. The first-order valence-corrected chi connectivity index (χ1v) is 5.87. The summed E-state index contributed by atoms with van der Waals surface area (Å²) < 4.78 is 0. The third kappa shape index (κ3) is 1.62. The molecule has 0 saturated heterocycles. The molecule has 1 saturated carbocycles. The molecular formula is C14H18O2. The number of hydrogen-bond acceptors (Lipinski definition) is 1. The smallest absolute Gasteiger partial charge is 0.314 e. The molecule has 2 rings (SSSR count). The van der Waals surface area contributed by atoms with E-state index in [1.807, 2.05) is 26.0 Å². The topological polar surface area (TPSA) is 37.3 Å². The van der Waals surface area contributed by atoms with Gasteiger partial charge in [0.05, 0.1) is 5.41 Å². The Balaban J connectivity index is 2.51. The van der Waals surface area contributed by atoms with Gasteiger partial charge in [-0.2, -0.15) is 0 Å². The maximum absolute atomic E-state index is 11.6. The van der Waals surface area contributed by atoms with E-state index in [0.29, 0.717) is 0 Å². The Labute approximate surface area is 96.3 Å². The third-order valence-corrected chi connectivity index (χ3v) is 3.76. The van der Waals surface area contributed by atoms with Crippen LogP contribution in [0.2, 0.25) is 0 Å². The quantitative estimate of drug-likeness (QED) is 0.827. The highest BCUT2D eigenvalue weighted by Crippen LogP contribution is 2.42. The Morgan fingerprint density at radius 3 is 2.38 bits per heavy atom. The second kappa shape index (κ2) is 3.93. The van der Waals surface area contributed by atoms with Gasteiger partial charge in [-0.1, -0.05) is 36.6 Å². The summed E-state index contributed by atoms with van der Waals surface area (Å²) in [6, 6.07) is 6.10. The molecule has 0 spiro atoms. The van der Waals surface area contributed by atoms with Crippen LogP contribution < -0.4 is 0 Å². The van der Waals surface area contributed by atoms with Crippen LogP contribution in [0.25, 0.3) is 0 Å². The van der Waals surface area contributed by atoms with Crippen LogP contribution in [-0.2, 0) is 10.2 Å². The lowest BCUT2D eigenvalue weighted by atomic mass is 9.76. The normalized spacial score (nSPS) is 18.6. The van der Waals surface area contributed by atoms with Crippen molar-refractivity contribution < 1.29 is 9.90 Å². The molecule has 0 heterocycles. The van der Waals surface area contributed by atoms with Crippen molar-refractivity contribution in [1.29, 1.82) is 0 Å². The molecule has 0 aliphatic heterocycles. The van der Waals surface area contributed by atoms with Crippen molar-refractivity contribution in [3.05, 3.63) is 34.9 Å². The summed E-state index contributed by atoms with van der Waals surface area (Å²) in [5.41, 5.74) is 2.71. The van der Waals surface area contributed by atoms with Crippen molar-refractivity contribution in [2.24, 2.45) is 0 Å². The van der Waals surface area contributed by atoms with Gasteiger partial charge in [0.15, 0.2) is 0 Å². The summed E-state index contributed by atoms with van der Waals surface area (Å²) in [5, 5.41) is 9.51. The van der Waals surface area contributed by atoms with Gasteiger partial charge in [-0.15, -0.1) is 0 Å². The summed E-state index contributed by atoms with van der Waals surface area (Å²) in [5.74, 6) is -0.656. The zero-order chi connectivity index (χ0) is 11.8. The molecule has 0 atom stereocenters. The van der Waals surface area contributed by atoms with Crippen molar-refractivity contribution in [3.63, 3.8) is 0 Å². The molecule has 0 radical (unpaired) electrons. The van der Waals surface area contributed by atoms with Gasteiger partial charge in [-0.05, 0) is 37.8 Å². The van der Waals surface area contributed by atoms with Crippen molar-refractivity contribution in [1.82, 2.24) is 0 Å². The number of rotatable bonds is 2. The Morgan fingerprint density at radius 1 is 1.25 bits per heavy atom. The van der Waals surface area contributed by atoms with Crippen molar-refractivity contribution in [3.8, 4) is 0 Å². The molecule has 1 fully saturated rings. The van der Waals surface area contributed by atoms with Crippen molar-refractivity contribution in [2.45, 2.75) is 44.9 Å². The average molecular weight is 218 g/mol. The largest absolute Gasteiger partial charge is 0.481 e. The van der Waals surface area contributed by atoms with E-state index in [1.54, 1.807) is 0 Å². The highest BCUT2D eigenvalue weighted by Gasteiger charge is 2.43. The van der Waals surface area contributed by atoms with Gasteiger partial charge in [-0.25, -0.2) is 0 Å². The molecule has 16 heavy (non-hydrogen) atoms. The summed E-state index contributed by atoms with van der Waals surface area (Å²) in [6.07, 6.45) is 3.62. The first-order chi connectivity index (χ1) is 7.56. The summed E-state index contributed by atoms with van der Waals surface area (Å²) in [7, 11) is 0. The zero-order valence-corrected chi connectivity index (χ0v) is 9.92. The van der Waals surface area contributed by atoms with Crippen molar-refractivity contribution in [2.75, 3.05) is 0 Å². The molecule has 0 amide bonds. The van der Waals surface area contributed by atoms with Crippen LogP contribution in [0.15, 0.2) is 18.2 Å². The molecule has 2 heteroatoms. The highest BCUT2D eigenvalue weighted by molar-refractivity contribution is 5.82. The number of benzene rings is 1. The van der Waals surface area contributed by atoms with Crippen LogP contribution in [0.3, 0.4) is 0 Å². The van der Waals surface area contributed by atoms with Crippen molar-refractivity contribution >= 4 is 5.97 Å². The van der Waals surface area contributed by atoms with Gasteiger partial charge >= 0.3 is 5.97 Å². The predicted octanol–water partition coefficient (Wildman–Crippen LogP) is 3.20. The van der Waals surface area contributed by atoms with E-state index in [9.17, 15) is 9.90 Å². The first kappa shape index (κ1) is 11.2. The SMILES string of the molecule is Cc1ccc(C2(C(=O)O)CCCC2)c(C)c1. The maximum Gasteiger partial charge on any atom is 0.314 e. The molecular weight excluding hydrogens is 200 g/mol. The molecule has 0 aromatic heterocycles. The van der Waals surface area contributed by atoms with Gasteiger partial charge in [0, 0.05) is 0 Å². The minimum absolute atomic E-state index is 0.613. The average Bonchev–Trinajstić information content (AvgIpc) is 2.67. The molecule has 1 N–H and O–H groups in total. The van der Waals surface area contributed by atoms with Crippen LogP contribution in [0.5, 0.6) is 0 Å². The molecule has 1 aromatic carbocycles. The van der Waals surface area contributed by atoms with Gasteiger partial charge in [-0.3, -0.25) is 4.79 Å².